The summed E-state index contributed by atoms with van der Waals surface area (Å²) in [6, 6.07) is 86.2. The number of ether oxygens (including phenoxy) is 1. The molecule has 14 rings (SSSR count). The SMILES string of the molecule is Cc1ccc(-n2c3ccccc3c3cc(-c4ccc5c(c4)c4cc(-c6ccc7c(c6)c6cc(Oc8cccc9ccccc89)ccc6n7-c6ccc(C)cc6)ccc4n5-c4ccccc4)ccc32)cc1. The third kappa shape index (κ3) is 6.38. The van der Waals surface area contributed by atoms with Crippen LogP contribution in [0.1, 0.15) is 11.1 Å². The second kappa shape index (κ2) is 15.7. The number of hydrogen-bond donors (Lipinski definition) is 0. The zero-order valence-corrected chi connectivity index (χ0v) is 38.8. The summed E-state index contributed by atoms with van der Waals surface area (Å²) in [6.45, 7) is 4.28. The van der Waals surface area contributed by atoms with Crippen LogP contribution in [0.2, 0.25) is 0 Å². The van der Waals surface area contributed by atoms with E-state index < -0.39 is 0 Å². The van der Waals surface area contributed by atoms with E-state index in [0.717, 1.165) is 61.2 Å². The maximum absolute atomic E-state index is 6.71. The first-order chi connectivity index (χ1) is 34.5. The average Bonchev–Trinajstić information content (AvgIpc) is 4.04. The highest BCUT2D eigenvalue weighted by atomic mass is 16.5. The van der Waals surface area contributed by atoms with Crippen molar-refractivity contribution in [3.63, 3.8) is 0 Å². The lowest BCUT2D eigenvalue weighted by molar-refractivity contribution is 0.489. The maximum atomic E-state index is 6.71. The van der Waals surface area contributed by atoms with Gasteiger partial charge in [0, 0.05) is 54.8 Å². The molecule has 0 fully saturated rings. The van der Waals surface area contributed by atoms with Gasteiger partial charge in [0.25, 0.3) is 0 Å². The van der Waals surface area contributed by atoms with Gasteiger partial charge in [-0.15, -0.1) is 0 Å². The lowest BCUT2D eigenvalue weighted by Crippen LogP contribution is -1.94. The van der Waals surface area contributed by atoms with Gasteiger partial charge in [0.1, 0.15) is 11.5 Å². The molecule has 14 aromatic rings. The third-order valence-corrected chi connectivity index (χ3v) is 14.4. The van der Waals surface area contributed by atoms with E-state index in [1.165, 1.54) is 76.9 Å². The summed E-state index contributed by atoms with van der Waals surface area (Å²) >= 11 is 0. The van der Waals surface area contributed by atoms with Crippen molar-refractivity contribution in [1.29, 1.82) is 0 Å². The van der Waals surface area contributed by atoms with E-state index in [-0.39, 0.29) is 0 Å². The van der Waals surface area contributed by atoms with Gasteiger partial charge in [0.05, 0.1) is 33.1 Å². The molecule has 0 N–H and O–H groups in total. The van der Waals surface area contributed by atoms with Crippen LogP contribution in [0.25, 0.3) is 116 Å². The average molecular weight is 896 g/mol. The molecule has 0 amide bonds. The predicted molar refractivity (Wildman–Crippen MR) is 294 cm³/mol. The summed E-state index contributed by atoms with van der Waals surface area (Å²) in [4.78, 5) is 0. The summed E-state index contributed by atoms with van der Waals surface area (Å²) in [5.74, 6) is 1.65. The Morgan fingerprint density at radius 3 is 1.19 bits per heavy atom. The van der Waals surface area contributed by atoms with E-state index in [2.05, 4.69) is 264 Å². The fraction of sp³-hybridized carbons (Fsp3) is 0.0303. The topological polar surface area (TPSA) is 24.0 Å². The molecule has 0 bridgehead atoms. The Morgan fingerprint density at radius 1 is 0.271 bits per heavy atom. The first-order valence-corrected chi connectivity index (χ1v) is 24.1. The fourth-order valence-corrected chi connectivity index (χ4v) is 11.0. The zero-order chi connectivity index (χ0) is 46.5. The Balaban J connectivity index is 0.934. The Labute approximate surface area is 405 Å². The van der Waals surface area contributed by atoms with Crippen molar-refractivity contribution in [2.24, 2.45) is 0 Å². The molecule has 70 heavy (non-hydrogen) atoms. The number of benzene rings is 11. The standard InChI is InChI=1S/C66H45N3O/c1-42-19-27-50(28-20-42)68-60-17-9-8-16-54(60)55-37-45(23-32-61(55)68)46-24-33-62-56(38-46)57-39-47(25-34-63(57)67(62)49-13-4-3-5-14-49)48-26-35-64-58(40-48)59-41-52(70-66-18-10-12-44-11-6-7-15-53(44)66)31-36-65(59)69(64)51-29-21-43(2)22-30-51/h3-41H,1-2H3. The number of para-hydroxylation sites is 2. The molecule has 11 aromatic carbocycles. The summed E-state index contributed by atoms with van der Waals surface area (Å²) in [6.07, 6.45) is 0. The van der Waals surface area contributed by atoms with Gasteiger partial charge >= 0.3 is 0 Å². The Morgan fingerprint density at radius 2 is 0.657 bits per heavy atom. The van der Waals surface area contributed by atoms with Crippen LogP contribution in [0, 0.1) is 13.8 Å². The van der Waals surface area contributed by atoms with Crippen molar-refractivity contribution in [1.82, 2.24) is 13.7 Å². The van der Waals surface area contributed by atoms with Gasteiger partial charge in [-0.1, -0.05) is 132 Å². The third-order valence-electron chi connectivity index (χ3n) is 14.4. The maximum Gasteiger partial charge on any atom is 0.135 e. The molecule has 330 valence electrons. The molecule has 0 unspecified atom stereocenters. The molecule has 0 aliphatic carbocycles. The normalized spacial score (nSPS) is 11.9. The van der Waals surface area contributed by atoms with Crippen LogP contribution in [0.5, 0.6) is 11.5 Å². The summed E-state index contributed by atoms with van der Waals surface area (Å²) in [5, 5.41) is 9.48. The van der Waals surface area contributed by atoms with Crippen LogP contribution in [-0.4, -0.2) is 13.7 Å². The molecule has 0 radical (unpaired) electrons. The minimum absolute atomic E-state index is 0.805. The van der Waals surface area contributed by atoms with Crippen molar-refractivity contribution in [2.75, 3.05) is 0 Å². The van der Waals surface area contributed by atoms with Gasteiger partial charge in [-0.25, -0.2) is 0 Å². The van der Waals surface area contributed by atoms with Crippen molar-refractivity contribution >= 4 is 76.2 Å². The molecule has 0 saturated heterocycles. The Bertz CT molecular complexity index is 4370. The van der Waals surface area contributed by atoms with Crippen LogP contribution in [0.3, 0.4) is 0 Å². The number of aryl methyl sites for hydroxylation is 2. The van der Waals surface area contributed by atoms with E-state index in [1.54, 1.807) is 0 Å². The fourth-order valence-electron chi connectivity index (χ4n) is 11.0. The van der Waals surface area contributed by atoms with Crippen molar-refractivity contribution in [3.05, 3.63) is 248 Å². The van der Waals surface area contributed by atoms with Gasteiger partial charge in [-0.2, -0.15) is 0 Å². The van der Waals surface area contributed by atoms with Crippen LogP contribution in [-0.2, 0) is 0 Å². The van der Waals surface area contributed by atoms with Crippen LogP contribution in [0.4, 0.5) is 0 Å². The molecular formula is C66H45N3O. The second-order valence-corrected chi connectivity index (χ2v) is 18.7. The molecule has 4 nitrogen and oxygen atoms in total. The number of rotatable bonds is 7. The van der Waals surface area contributed by atoms with Gasteiger partial charge in [-0.05, 0) is 157 Å². The van der Waals surface area contributed by atoms with E-state index >= 15 is 0 Å². The molecular weight excluding hydrogens is 851 g/mol. The first kappa shape index (κ1) is 40.0. The van der Waals surface area contributed by atoms with E-state index in [9.17, 15) is 0 Å². The van der Waals surface area contributed by atoms with Crippen LogP contribution < -0.4 is 4.74 Å². The lowest BCUT2D eigenvalue weighted by Gasteiger charge is -2.10. The summed E-state index contributed by atoms with van der Waals surface area (Å²) < 4.78 is 13.9. The molecule has 0 aliphatic heterocycles. The summed E-state index contributed by atoms with van der Waals surface area (Å²) in [5.41, 5.74) is 17.7. The number of hydrogen-bond acceptors (Lipinski definition) is 1. The zero-order valence-electron chi connectivity index (χ0n) is 38.8. The molecule has 4 heteroatoms. The second-order valence-electron chi connectivity index (χ2n) is 18.7. The quantitative estimate of drug-likeness (QED) is 0.156. The smallest absolute Gasteiger partial charge is 0.135 e. The molecule has 3 aromatic heterocycles. The highest BCUT2D eigenvalue weighted by Crippen LogP contribution is 2.42. The Kier molecular flexibility index (Phi) is 8.99. The number of fused-ring (bicyclic) bond motifs is 10. The van der Waals surface area contributed by atoms with E-state index in [4.69, 9.17) is 4.74 Å². The minimum atomic E-state index is 0.805. The van der Waals surface area contributed by atoms with Gasteiger partial charge < -0.3 is 18.4 Å². The monoisotopic (exact) mass is 895 g/mol. The highest BCUT2D eigenvalue weighted by molar-refractivity contribution is 6.15. The summed E-state index contributed by atoms with van der Waals surface area (Å²) in [7, 11) is 0. The van der Waals surface area contributed by atoms with Gasteiger partial charge in [-0.3, -0.25) is 0 Å². The first-order valence-electron chi connectivity index (χ1n) is 24.1. The largest absolute Gasteiger partial charge is 0.457 e. The van der Waals surface area contributed by atoms with Crippen molar-refractivity contribution < 1.29 is 4.74 Å². The number of nitrogens with zero attached hydrogens (tertiary/aromatic N) is 3. The lowest BCUT2D eigenvalue weighted by atomic mass is 9.98. The highest BCUT2D eigenvalue weighted by Gasteiger charge is 2.19. The molecule has 0 aliphatic rings. The predicted octanol–water partition coefficient (Wildman–Crippen LogP) is 17.9. The van der Waals surface area contributed by atoms with Crippen molar-refractivity contribution in [2.45, 2.75) is 13.8 Å². The van der Waals surface area contributed by atoms with Crippen molar-refractivity contribution in [3.8, 4) is 50.8 Å². The Hall–Kier alpha value is -9.12. The van der Waals surface area contributed by atoms with Crippen LogP contribution in [0.15, 0.2) is 237 Å². The number of aromatic nitrogens is 3. The van der Waals surface area contributed by atoms with Gasteiger partial charge in [0.15, 0.2) is 0 Å². The molecule has 0 saturated carbocycles. The molecule has 3 heterocycles. The molecule has 0 atom stereocenters. The van der Waals surface area contributed by atoms with E-state index in [0.29, 0.717) is 0 Å². The van der Waals surface area contributed by atoms with E-state index in [1.807, 2.05) is 0 Å². The van der Waals surface area contributed by atoms with Gasteiger partial charge in [0.2, 0.25) is 0 Å². The molecule has 0 spiro atoms. The minimum Gasteiger partial charge on any atom is -0.457 e. The van der Waals surface area contributed by atoms with Crippen LogP contribution >= 0.6 is 0 Å².